The van der Waals surface area contributed by atoms with E-state index in [0.29, 0.717) is 38.0 Å². The van der Waals surface area contributed by atoms with Gasteiger partial charge in [-0.2, -0.15) is 0 Å². The molecule has 0 bridgehead atoms. The lowest BCUT2D eigenvalue weighted by Gasteiger charge is -2.12. The molecule has 0 aliphatic carbocycles. The third-order valence-electron chi connectivity index (χ3n) is 6.51. The Kier molecular flexibility index (Phi) is 11.4. The van der Waals surface area contributed by atoms with Crippen molar-refractivity contribution in [3.8, 4) is 17.2 Å². The molecule has 0 aliphatic heterocycles. The number of phenolic OH excluding ortho intramolecular Hbond substituents is 2. The number of ether oxygens (including phenoxy) is 1. The Morgan fingerprint density at radius 1 is 0.895 bits per heavy atom. The predicted molar refractivity (Wildman–Crippen MR) is 152 cm³/mol. The molecule has 6 heteroatoms. The lowest BCUT2D eigenvalue weighted by molar-refractivity contribution is -0.114. The van der Waals surface area contributed by atoms with E-state index in [-0.39, 0.29) is 17.3 Å². The van der Waals surface area contributed by atoms with E-state index in [1.807, 2.05) is 48.5 Å². The van der Waals surface area contributed by atoms with Crippen molar-refractivity contribution < 1.29 is 19.7 Å². The number of aryl methyl sites for hydroxylation is 1. The van der Waals surface area contributed by atoms with Gasteiger partial charge in [-0.25, -0.2) is 0 Å². The Morgan fingerprint density at radius 2 is 1.58 bits per heavy atom. The number of nitrogens with two attached hydrogens (primary N) is 2. The van der Waals surface area contributed by atoms with Crippen molar-refractivity contribution in [1.29, 1.82) is 0 Å². The second-order valence-electron chi connectivity index (χ2n) is 9.67. The zero-order valence-corrected chi connectivity index (χ0v) is 22.2. The molecule has 0 radical (unpaired) electrons. The highest BCUT2D eigenvalue weighted by Gasteiger charge is 2.09. The Labute approximate surface area is 226 Å². The molecule has 0 aromatic heterocycles. The van der Waals surface area contributed by atoms with Crippen molar-refractivity contribution in [2.24, 2.45) is 11.5 Å². The van der Waals surface area contributed by atoms with Gasteiger partial charge < -0.3 is 26.4 Å². The largest absolute Gasteiger partial charge is 0.508 e. The van der Waals surface area contributed by atoms with Crippen molar-refractivity contribution in [2.45, 2.75) is 64.5 Å². The van der Waals surface area contributed by atoms with Crippen LogP contribution in [0.15, 0.2) is 72.8 Å². The average molecular weight is 517 g/mol. The summed E-state index contributed by atoms with van der Waals surface area (Å²) in [5.74, 6) is 0.828. The number of hydrogen-bond donors (Lipinski definition) is 4. The number of carbonyl (C=O) groups is 1. The molecule has 0 amide bonds. The van der Waals surface area contributed by atoms with Crippen LogP contribution >= 0.6 is 0 Å². The highest BCUT2D eigenvalue weighted by atomic mass is 16.5. The molecule has 0 spiro atoms. The van der Waals surface area contributed by atoms with E-state index < -0.39 is 6.17 Å². The van der Waals surface area contributed by atoms with Gasteiger partial charge >= 0.3 is 0 Å². The first-order valence-electron chi connectivity index (χ1n) is 13.4. The van der Waals surface area contributed by atoms with E-state index in [2.05, 4.69) is 6.92 Å². The normalized spacial score (nSPS) is 11.4. The molecule has 0 atom stereocenters. The van der Waals surface area contributed by atoms with Crippen LogP contribution in [-0.4, -0.2) is 22.6 Å². The van der Waals surface area contributed by atoms with Crippen LogP contribution < -0.4 is 16.2 Å². The standard InChI is InChI=1S/C32H40N2O4/c1-2-3-4-5-6-7-28(35)15-10-24-12-17-30(37)31(22-24)38-19-18-25-11-16-29(36)27(21-25)20-23-8-13-26(14-9-23)32(33)34/h6-9,11-14,16-17,21-22,32,36-37H,2-5,10,15,18-20,33-34H2,1H3. The summed E-state index contributed by atoms with van der Waals surface area (Å²) in [7, 11) is 0. The van der Waals surface area contributed by atoms with Gasteiger partial charge in [0.2, 0.25) is 0 Å². The molecule has 0 saturated heterocycles. The number of benzene rings is 3. The molecule has 0 aliphatic rings. The molecule has 3 aromatic carbocycles. The Balaban J connectivity index is 1.52. The first kappa shape index (κ1) is 29.0. The van der Waals surface area contributed by atoms with E-state index in [9.17, 15) is 15.0 Å². The number of carbonyl (C=O) groups excluding carboxylic acids is 1. The molecule has 0 heterocycles. The average Bonchev–Trinajstić information content (AvgIpc) is 2.91. The third-order valence-corrected chi connectivity index (χ3v) is 6.51. The minimum Gasteiger partial charge on any atom is -0.508 e. The maximum Gasteiger partial charge on any atom is 0.161 e. The van der Waals surface area contributed by atoms with Crippen molar-refractivity contribution in [2.75, 3.05) is 6.61 Å². The summed E-state index contributed by atoms with van der Waals surface area (Å²) < 4.78 is 5.88. The van der Waals surface area contributed by atoms with Gasteiger partial charge in [-0.1, -0.05) is 68.3 Å². The summed E-state index contributed by atoms with van der Waals surface area (Å²) in [4.78, 5) is 12.1. The number of ketones is 1. The van der Waals surface area contributed by atoms with Crippen LogP contribution in [0.1, 0.15) is 73.0 Å². The van der Waals surface area contributed by atoms with E-state index in [0.717, 1.165) is 40.7 Å². The van der Waals surface area contributed by atoms with Gasteiger partial charge in [0.15, 0.2) is 17.3 Å². The Hall–Kier alpha value is -3.61. The maximum atomic E-state index is 12.1. The zero-order valence-electron chi connectivity index (χ0n) is 22.2. The lowest BCUT2D eigenvalue weighted by Crippen LogP contribution is -2.19. The molecule has 0 unspecified atom stereocenters. The molecule has 0 saturated carbocycles. The van der Waals surface area contributed by atoms with Gasteiger partial charge in [-0.05, 0) is 71.4 Å². The van der Waals surface area contributed by atoms with Crippen molar-refractivity contribution in [1.82, 2.24) is 0 Å². The van der Waals surface area contributed by atoms with Gasteiger partial charge in [-0.15, -0.1) is 0 Å². The van der Waals surface area contributed by atoms with Gasteiger partial charge in [0.25, 0.3) is 0 Å². The third kappa shape index (κ3) is 9.36. The zero-order chi connectivity index (χ0) is 27.3. The fourth-order valence-electron chi connectivity index (χ4n) is 4.20. The maximum absolute atomic E-state index is 12.1. The van der Waals surface area contributed by atoms with E-state index in [4.69, 9.17) is 16.2 Å². The van der Waals surface area contributed by atoms with E-state index in [1.165, 1.54) is 12.8 Å². The van der Waals surface area contributed by atoms with Gasteiger partial charge in [-0.3, -0.25) is 4.79 Å². The topological polar surface area (TPSA) is 119 Å². The van der Waals surface area contributed by atoms with Crippen LogP contribution in [0.5, 0.6) is 17.2 Å². The number of rotatable bonds is 15. The minimum absolute atomic E-state index is 0.0722. The van der Waals surface area contributed by atoms with Crippen molar-refractivity contribution in [3.63, 3.8) is 0 Å². The molecule has 202 valence electrons. The number of allylic oxidation sites excluding steroid dienone is 2. The predicted octanol–water partition coefficient (Wildman–Crippen LogP) is 5.86. The fraction of sp³-hybridized carbons (Fsp3) is 0.344. The minimum atomic E-state index is -0.509. The first-order valence-corrected chi connectivity index (χ1v) is 13.4. The van der Waals surface area contributed by atoms with Gasteiger partial charge in [0.05, 0.1) is 12.8 Å². The van der Waals surface area contributed by atoms with Crippen LogP contribution in [0, 0.1) is 0 Å². The van der Waals surface area contributed by atoms with Crippen molar-refractivity contribution >= 4 is 5.78 Å². The summed E-state index contributed by atoms with van der Waals surface area (Å²) in [6.45, 7) is 2.53. The smallest absolute Gasteiger partial charge is 0.161 e. The number of aromatic hydroxyl groups is 2. The van der Waals surface area contributed by atoms with Crippen LogP contribution in [0.2, 0.25) is 0 Å². The SMILES string of the molecule is CCCCCC=CC(=O)CCc1ccc(O)c(OCCc2ccc(O)c(Cc3ccc(C(N)N)cc3)c2)c1. The highest BCUT2D eigenvalue weighted by molar-refractivity contribution is 5.89. The highest BCUT2D eigenvalue weighted by Crippen LogP contribution is 2.28. The monoisotopic (exact) mass is 516 g/mol. The molecular weight excluding hydrogens is 476 g/mol. The number of hydrogen-bond acceptors (Lipinski definition) is 6. The summed E-state index contributed by atoms with van der Waals surface area (Å²) >= 11 is 0. The van der Waals surface area contributed by atoms with Crippen LogP contribution in [-0.2, 0) is 24.1 Å². The Bertz CT molecular complexity index is 1200. The van der Waals surface area contributed by atoms with Crippen LogP contribution in [0.25, 0.3) is 0 Å². The number of unbranched alkanes of at least 4 members (excludes halogenated alkanes) is 3. The molecule has 6 nitrogen and oxygen atoms in total. The van der Waals surface area contributed by atoms with E-state index in [1.54, 1.807) is 24.3 Å². The van der Waals surface area contributed by atoms with Crippen molar-refractivity contribution in [3.05, 3.63) is 101 Å². The number of phenols is 2. The summed E-state index contributed by atoms with van der Waals surface area (Å²) in [5.41, 5.74) is 16.1. The molecule has 38 heavy (non-hydrogen) atoms. The summed E-state index contributed by atoms with van der Waals surface area (Å²) in [6, 6.07) is 18.5. The van der Waals surface area contributed by atoms with Gasteiger partial charge in [0.1, 0.15) is 5.75 Å². The molecule has 3 aromatic rings. The molecule has 6 N–H and O–H groups in total. The second-order valence-corrected chi connectivity index (χ2v) is 9.67. The lowest BCUT2D eigenvalue weighted by atomic mass is 9.99. The van der Waals surface area contributed by atoms with Gasteiger partial charge in [0, 0.05) is 19.3 Å². The quantitative estimate of drug-likeness (QED) is 0.114. The van der Waals surface area contributed by atoms with E-state index >= 15 is 0 Å². The van der Waals surface area contributed by atoms with Crippen LogP contribution in [0.4, 0.5) is 0 Å². The summed E-state index contributed by atoms with van der Waals surface area (Å²) in [6.07, 6.45) is 9.75. The summed E-state index contributed by atoms with van der Waals surface area (Å²) in [5, 5.41) is 20.6. The van der Waals surface area contributed by atoms with Crippen LogP contribution in [0.3, 0.4) is 0 Å². The molecular formula is C32H40N2O4. The second kappa shape index (κ2) is 15.0. The first-order chi connectivity index (χ1) is 18.4. The molecule has 3 rings (SSSR count). The molecule has 0 fully saturated rings. The Morgan fingerprint density at radius 3 is 2.29 bits per heavy atom. The fourth-order valence-corrected chi connectivity index (χ4v) is 4.20.